The molecule has 0 aliphatic heterocycles. The Hall–Kier alpha value is -1.60. The third-order valence-electron chi connectivity index (χ3n) is 2.53. The van der Waals surface area contributed by atoms with E-state index in [4.69, 9.17) is 0 Å². The van der Waals surface area contributed by atoms with Gasteiger partial charge in [0.2, 0.25) is 10.0 Å². The van der Waals surface area contributed by atoms with E-state index in [1.807, 2.05) is 0 Å². The molecule has 6 nitrogen and oxygen atoms in total. The number of guanidine groups is 1. The maximum Gasteiger partial charge on any atom is 0.240 e. The van der Waals surface area contributed by atoms with Gasteiger partial charge in [-0.2, -0.15) is 0 Å². The van der Waals surface area contributed by atoms with Crippen LogP contribution in [0.2, 0.25) is 0 Å². The van der Waals surface area contributed by atoms with Crippen LogP contribution in [-0.4, -0.2) is 41.1 Å². The van der Waals surface area contributed by atoms with Gasteiger partial charge in [0.15, 0.2) is 5.96 Å². The molecule has 3 N–H and O–H groups in total. The van der Waals surface area contributed by atoms with Crippen molar-refractivity contribution in [3.8, 4) is 0 Å². The molecule has 0 bridgehead atoms. The fourth-order valence-corrected chi connectivity index (χ4v) is 2.57. The van der Waals surface area contributed by atoms with Crippen molar-refractivity contribution < 1.29 is 8.42 Å². The predicted molar refractivity (Wildman–Crippen MR) is 81.3 cm³/mol. The fourth-order valence-electron chi connectivity index (χ4n) is 1.51. The number of nitrogens with one attached hydrogen (secondary N) is 3. The molecule has 0 aliphatic rings. The van der Waals surface area contributed by atoms with E-state index in [-0.39, 0.29) is 4.90 Å². The van der Waals surface area contributed by atoms with E-state index in [9.17, 15) is 8.42 Å². The molecule has 0 saturated heterocycles. The van der Waals surface area contributed by atoms with Crippen LogP contribution >= 0.6 is 0 Å². The maximum atomic E-state index is 11.9. The van der Waals surface area contributed by atoms with Crippen molar-refractivity contribution in [2.45, 2.75) is 18.2 Å². The third-order valence-corrected chi connectivity index (χ3v) is 4.01. The van der Waals surface area contributed by atoms with Crippen LogP contribution in [0.15, 0.2) is 40.2 Å². The molecule has 1 rings (SSSR count). The number of rotatable bonds is 7. The highest BCUT2D eigenvalue weighted by Gasteiger charge is 2.11. The van der Waals surface area contributed by atoms with Gasteiger partial charge < -0.3 is 10.6 Å². The van der Waals surface area contributed by atoms with E-state index in [2.05, 4.69) is 27.3 Å². The smallest absolute Gasteiger partial charge is 0.240 e. The summed E-state index contributed by atoms with van der Waals surface area (Å²) in [4.78, 5) is 4.31. The first-order chi connectivity index (χ1) is 9.60. The first-order valence-corrected chi connectivity index (χ1v) is 8.07. The average molecular weight is 298 g/mol. The Morgan fingerprint density at radius 1 is 1.10 bits per heavy atom. The Balaban J connectivity index is 2.37. The molecule has 0 unspecified atom stereocenters. The molecule has 0 aromatic heterocycles. The summed E-state index contributed by atoms with van der Waals surface area (Å²) >= 11 is 0. The van der Waals surface area contributed by atoms with Crippen LogP contribution in [0.3, 0.4) is 0 Å². The predicted octanol–water partition coefficient (Wildman–Crippen LogP) is 0.540. The lowest BCUT2D eigenvalue weighted by Crippen LogP contribution is -2.41. The van der Waals surface area contributed by atoms with E-state index < -0.39 is 10.0 Å². The van der Waals surface area contributed by atoms with Crippen molar-refractivity contribution in [3.63, 3.8) is 0 Å². The lowest BCUT2D eigenvalue weighted by Gasteiger charge is -2.11. The quantitative estimate of drug-likeness (QED) is 0.390. The Morgan fingerprint density at radius 3 is 2.35 bits per heavy atom. The highest BCUT2D eigenvalue weighted by Crippen LogP contribution is 2.06. The van der Waals surface area contributed by atoms with Crippen LogP contribution in [-0.2, 0) is 10.0 Å². The summed E-state index contributed by atoms with van der Waals surface area (Å²) in [5.74, 6) is 0.672. The minimum absolute atomic E-state index is 0.272. The number of hydrogen-bond donors (Lipinski definition) is 3. The lowest BCUT2D eigenvalue weighted by atomic mass is 10.4. The van der Waals surface area contributed by atoms with E-state index in [1.54, 1.807) is 37.4 Å². The van der Waals surface area contributed by atoms with Crippen LogP contribution in [0.5, 0.6) is 0 Å². The zero-order chi connectivity index (χ0) is 14.8. The van der Waals surface area contributed by atoms with Gasteiger partial charge in [-0.3, -0.25) is 4.99 Å². The second kappa shape index (κ2) is 8.55. The van der Waals surface area contributed by atoms with Gasteiger partial charge in [-0.1, -0.05) is 25.1 Å². The standard InChI is InChI=1S/C13H22N4O2S/c1-3-9-15-13(14-2)16-10-11-17-20(18,19)12-7-5-4-6-8-12/h4-8,17H,3,9-11H2,1-2H3,(H2,14,15,16). The zero-order valence-corrected chi connectivity index (χ0v) is 12.7. The number of aliphatic imine (C=N–C) groups is 1. The van der Waals surface area contributed by atoms with Crippen molar-refractivity contribution in [3.05, 3.63) is 30.3 Å². The monoisotopic (exact) mass is 298 g/mol. The third kappa shape index (κ3) is 5.58. The van der Waals surface area contributed by atoms with Gasteiger partial charge >= 0.3 is 0 Å². The number of nitrogens with zero attached hydrogens (tertiary/aromatic N) is 1. The molecule has 0 amide bonds. The van der Waals surface area contributed by atoms with Gasteiger partial charge in [-0.15, -0.1) is 0 Å². The molecule has 0 saturated carbocycles. The second-order valence-electron chi connectivity index (χ2n) is 4.14. The fraction of sp³-hybridized carbons (Fsp3) is 0.462. The minimum Gasteiger partial charge on any atom is -0.356 e. The van der Waals surface area contributed by atoms with Crippen molar-refractivity contribution in [2.24, 2.45) is 4.99 Å². The maximum absolute atomic E-state index is 11.9. The topological polar surface area (TPSA) is 82.6 Å². The molecule has 20 heavy (non-hydrogen) atoms. The van der Waals surface area contributed by atoms with Gasteiger partial charge in [0.25, 0.3) is 0 Å². The number of benzene rings is 1. The minimum atomic E-state index is -3.43. The molecule has 7 heteroatoms. The van der Waals surface area contributed by atoms with Crippen molar-refractivity contribution in [1.29, 1.82) is 0 Å². The molecular formula is C13H22N4O2S. The van der Waals surface area contributed by atoms with Gasteiger partial charge in [0, 0.05) is 26.7 Å². The molecule has 1 aromatic carbocycles. The summed E-state index contributed by atoms with van der Waals surface area (Å²) in [6.45, 7) is 3.66. The van der Waals surface area contributed by atoms with Crippen molar-refractivity contribution >= 4 is 16.0 Å². The summed E-state index contributed by atoms with van der Waals surface area (Å²) in [5.41, 5.74) is 0. The van der Waals surface area contributed by atoms with E-state index in [0.717, 1.165) is 13.0 Å². The molecule has 0 fully saturated rings. The Labute approximate surface area is 120 Å². The normalized spacial score (nSPS) is 12.2. The first-order valence-electron chi connectivity index (χ1n) is 6.59. The highest BCUT2D eigenvalue weighted by molar-refractivity contribution is 7.89. The molecule has 1 aromatic rings. The van der Waals surface area contributed by atoms with E-state index >= 15 is 0 Å². The van der Waals surface area contributed by atoms with E-state index in [0.29, 0.717) is 19.0 Å². The lowest BCUT2D eigenvalue weighted by molar-refractivity contribution is 0.580. The molecule has 0 atom stereocenters. The molecule has 0 radical (unpaired) electrons. The van der Waals surface area contributed by atoms with Crippen LogP contribution in [0.25, 0.3) is 0 Å². The molecule has 0 heterocycles. The van der Waals surface area contributed by atoms with Gasteiger partial charge in [-0.25, -0.2) is 13.1 Å². The van der Waals surface area contributed by atoms with Crippen LogP contribution < -0.4 is 15.4 Å². The summed E-state index contributed by atoms with van der Waals surface area (Å²) < 4.78 is 26.4. The Kier molecular flexibility index (Phi) is 7.03. The molecule has 0 spiro atoms. The summed E-state index contributed by atoms with van der Waals surface area (Å²) in [5, 5.41) is 6.15. The van der Waals surface area contributed by atoms with Crippen LogP contribution in [0.1, 0.15) is 13.3 Å². The van der Waals surface area contributed by atoms with Crippen LogP contribution in [0, 0.1) is 0 Å². The van der Waals surface area contributed by atoms with Crippen molar-refractivity contribution in [2.75, 3.05) is 26.7 Å². The Morgan fingerprint density at radius 2 is 1.75 bits per heavy atom. The van der Waals surface area contributed by atoms with Gasteiger partial charge in [0.05, 0.1) is 4.90 Å². The zero-order valence-electron chi connectivity index (χ0n) is 11.9. The van der Waals surface area contributed by atoms with Crippen LogP contribution in [0.4, 0.5) is 0 Å². The van der Waals surface area contributed by atoms with Gasteiger partial charge in [0.1, 0.15) is 0 Å². The average Bonchev–Trinajstić information content (AvgIpc) is 2.47. The van der Waals surface area contributed by atoms with E-state index in [1.165, 1.54) is 0 Å². The highest BCUT2D eigenvalue weighted by atomic mass is 32.2. The largest absolute Gasteiger partial charge is 0.356 e. The van der Waals surface area contributed by atoms with Gasteiger partial charge in [-0.05, 0) is 18.6 Å². The first kappa shape index (κ1) is 16.5. The summed E-state index contributed by atoms with van der Waals surface area (Å²) in [6, 6.07) is 8.31. The summed E-state index contributed by atoms with van der Waals surface area (Å²) in [7, 11) is -1.75. The molecule has 0 aliphatic carbocycles. The number of sulfonamides is 1. The summed E-state index contributed by atoms with van der Waals surface area (Å²) in [6.07, 6.45) is 1.00. The SMILES string of the molecule is CCCNC(=NC)NCCNS(=O)(=O)c1ccccc1. The molecule has 112 valence electrons. The number of hydrogen-bond acceptors (Lipinski definition) is 3. The second-order valence-corrected chi connectivity index (χ2v) is 5.90. The molecular weight excluding hydrogens is 276 g/mol. The van der Waals surface area contributed by atoms with Crippen molar-refractivity contribution in [1.82, 2.24) is 15.4 Å². The Bertz CT molecular complexity index is 514.